The van der Waals surface area contributed by atoms with Gasteiger partial charge in [0.05, 0.1) is 0 Å². The number of rotatable bonds is 13. The van der Waals surface area contributed by atoms with Gasteiger partial charge in [0.2, 0.25) is 0 Å². The lowest BCUT2D eigenvalue weighted by molar-refractivity contribution is -0.105. The maximum Gasteiger partial charge on any atom is 0.147 e. The minimum Gasteiger partial charge on any atom is -0.359 e. The highest BCUT2D eigenvalue weighted by atomic mass is 16.1. The Morgan fingerprint density at radius 3 is 2.16 bits per heavy atom. The Balaban J connectivity index is 0.00000308. The molecule has 0 aliphatic carbocycles. The smallest absolute Gasteiger partial charge is 0.147 e. The van der Waals surface area contributed by atoms with E-state index in [0.717, 1.165) is 60.3 Å². The highest BCUT2D eigenvalue weighted by molar-refractivity contribution is 5.75. The molecule has 0 atom stereocenters. The van der Waals surface area contributed by atoms with Crippen LogP contribution in [0.5, 0.6) is 0 Å². The van der Waals surface area contributed by atoms with Crippen LogP contribution in [0.1, 0.15) is 64.2 Å². The van der Waals surface area contributed by atoms with E-state index in [2.05, 4.69) is 79.2 Å². The Bertz CT molecular complexity index is 1060. The van der Waals surface area contributed by atoms with Crippen molar-refractivity contribution in [2.24, 2.45) is 0 Å². The fourth-order valence-electron chi connectivity index (χ4n) is 3.45. The molecule has 0 saturated carbocycles. The maximum atomic E-state index is 11.3. The maximum absolute atomic E-state index is 11.3. The van der Waals surface area contributed by atoms with E-state index in [-0.39, 0.29) is 0 Å². The Labute approximate surface area is 224 Å². The molecule has 2 aromatic rings. The zero-order chi connectivity index (χ0) is 28.1. The van der Waals surface area contributed by atoms with E-state index >= 15 is 0 Å². The molecule has 0 bridgehead atoms. The molecule has 4 nitrogen and oxygen atoms in total. The predicted octanol–water partition coefficient (Wildman–Crippen LogP) is 7.71. The van der Waals surface area contributed by atoms with Crippen molar-refractivity contribution in [2.45, 2.75) is 60.5 Å². The molecule has 4 heteroatoms. The number of allylic oxidation sites excluding steroid dienone is 6. The van der Waals surface area contributed by atoms with Gasteiger partial charge >= 0.3 is 0 Å². The highest BCUT2D eigenvalue weighted by Crippen LogP contribution is 2.21. The van der Waals surface area contributed by atoms with Crippen molar-refractivity contribution < 1.29 is 9.59 Å². The largest absolute Gasteiger partial charge is 0.359 e. The number of carbonyl (C=O) groups is 2. The fourth-order valence-corrected chi connectivity index (χ4v) is 3.45. The molecule has 2 rings (SSSR count). The first-order valence-electron chi connectivity index (χ1n) is 12.8. The minimum atomic E-state index is 0.701. The number of hydrogen-bond donors (Lipinski definition) is 2. The van der Waals surface area contributed by atoms with Crippen molar-refractivity contribution in [3.63, 3.8) is 0 Å². The second-order valence-corrected chi connectivity index (χ2v) is 8.05. The summed E-state index contributed by atoms with van der Waals surface area (Å²) in [5.41, 5.74) is 7.74. The van der Waals surface area contributed by atoms with Gasteiger partial charge in [-0.1, -0.05) is 101 Å². The molecule has 0 aliphatic rings. The van der Waals surface area contributed by atoms with Gasteiger partial charge in [0.25, 0.3) is 0 Å². The van der Waals surface area contributed by atoms with E-state index in [1.54, 1.807) is 0 Å². The summed E-state index contributed by atoms with van der Waals surface area (Å²) in [6, 6.07) is 18.8. The second kappa shape index (κ2) is 20.4. The number of hydrogen-bond acceptors (Lipinski definition) is 4. The molecule has 2 aromatic carbocycles. The molecule has 37 heavy (non-hydrogen) atoms. The zero-order valence-electron chi connectivity index (χ0n) is 23.3. The summed E-state index contributed by atoms with van der Waals surface area (Å²) in [7, 11) is 0. The Kier molecular flexibility index (Phi) is 18.4. The van der Waals surface area contributed by atoms with Crippen molar-refractivity contribution in [3.8, 4) is 0 Å². The number of aldehydes is 1. The van der Waals surface area contributed by atoms with Crippen LogP contribution in [-0.2, 0) is 22.7 Å². The molecule has 198 valence electrons. The molecular formula is C33H44N2O2. The Morgan fingerprint density at radius 2 is 1.57 bits per heavy atom. The number of nitrogens with one attached hydrogen (secondary N) is 2. The van der Waals surface area contributed by atoms with Crippen LogP contribution in [0.3, 0.4) is 0 Å². The summed E-state index contributed by atoms with van der Waals surface area (Å²) in [5.74, 6) is 0. The van der Waals surface area contributed by atoms with Crippen LogP contribution in [0.15, 0.2) is 109 Å². The molecule has 0 fully saturated rings. The quantitative estimate of drug-likeness (QED) is 0.168. The zero-order valence-corrected chi connectivity index (χ0v) is 23.3. The summed E-state index contributed by atoms with van der Waals surface area (Å²) >= 11 is 0. The summed E-state index contributed by atoms with van der Waals surface area (Å²) in [6.07, 6.45) is 8.65. The van der Waals surface area contributed by atoms with Crippen LogP contribution in [0.25, 0.3) is 5.57 Å². The molecule has 0 aromatic heterocycles. The highest BCUT2D eigenvalue weighted by Gasteiger charge is 2.07. The summed E-state index contributed by atoms with van der Waals surface area (Å²) in [5, 5.41) is 6.85. The summed E-state index contributed by atoms with van der Waals surface area (Å²) < 4.78 is 0. The SMILES string of the molecule is C=C(N/C(CCC)=C(\C)C=O)C(/C=C\C)=C/C(=C)c1cccc(CNCc2ccccc2)c1.C=O.CC. The first kappa shape index (κ1) is 33.2. The third kappa shape index (κ3) is 12.7. The fraction of sp³-hybridized carbons (Fsp3) is 0.273. The Morgan fingerprint density at radius 1 is 0.946 bits per heavy atom. The normalized spacial score (nSPS) is 11.3. The van der Waals surface area contributed by atoms with Gasteiger partial charge in [0.1, 0.15) is 13.1 Å². The Hall–Kier alpha value is -3.76. The monoisotopic (exact) mass is 500 g/mol. The van der Waals surface area contributed by atoms with Crippen LogP contribution in [-0.4, -0.2) is 13.1 Å². The van der Waals surface area contributed by atoms with Gasteiger partial charge in [-0.3, -0.25) is 4.79 Å². The topological polar surface area (TPSA) is 58.2 Å². The lowest BCUT2D eigenvalue weighted by Crippen LogP contribution is -2.15. The molecule has 0 spiro atoms. The number of benzene rings is 2. The molecular weight excluding hydrogens is 456 g/mol. The van der Waals surface area contributed by atoms with Crippen molar-refractivity contribution in [3.05, 3.63) is 125 Å². The van der Waals surface area contributed by atoms with Gasteiger partial charge in [-0.2, -0.15) is 0 Å². The van der Waals surface area contributed by atoms with E-state index < -0.39 is 0 Å². The van der Waals surface area contributed by atoms with Gasteiger partial charge < -0.3 is 15.4 Å². The molecule has 0 heterocycles. The van der Waals surface area contributed by atoms with E-state index in [0.29, 0.717) is 5.57 Å². The molecule has 0 unspecified atom stereocenters. The van der Waals surface area contributed by atoms with Gasteiger partial charge in [-0.15, -0.1) is 0 Å². The standard InChI is InChI=1S/C30H36N2O.C2H6.CH2O/c1-6-12-29(25(5)32-30(13-7-2)24(4)22-33)18-23(3)28-17-11-16-27(19-28)21-31-20-26-14-9-8-10-15-26;2*1-2/h6,8-12,14-19,22,31-32H,3,5,7,13,20-21H2,1-2,4H3;1-2H3;1H2/b12-6-,29-18+,30-24+;;. The van der Waals surface area contributed by atoms with Crippen LogP contribution < -0.4 is 10.6 Å². The van der Waals surface area contributed by atoms with Crippen molar-refractivity contribution in [1.82, 2.24) is 10.6 Å². The molecule has 0 radical (unpaired) electrons. The average Bonchev–Trinajstić information content (AvgIpc) is 2.95. The van der Waals surface area contributed by atoms with Crippen LogP contribution >= 0.6 is 0 Å². The van der Waals surface area contributed by atoms with E-state index in [1.165, 1.54) is 11.1 Å². The van der Waals surface area contributed by atoms with E-state index in [1.807, 2.05) is 58.8 Å². The van der Waals surface area contributed by atoms with E-state index in [4.69, 9.17) is 4.79 Å². The van der Waals surface area contributed by atoms with Crippen LogP contribution in [0.4, 0.5) is 0 Å². The minimum absolute atomic E-state index is 0.701. The summed E-state index contributed by atoms with van der Waals surface area (Å²) in [6.45, 7) is 22.0. The first-order chi connectivity index (χ1) is 18.0. The molecule has 0 amide bonds. The van der Waals surface area contributed by atoms with Crippen LogP contribution in [0.2, 0.25) is 0 Å². The number of carbonyl (C=O) groups excluding carboxylic acids is 2. The molecule has 2 N–H and O–H groups in total. The van der Waals surface area contributed by atoms with Gasteiger partial charge in [0, 0.05) is 30.1 Å². The van der Waals surface area contributed by atoms with Crippen molar-refractivity contribution in [2.75, 3.05) is 0 Å². The van der Waals surface area contributed by atoms with Crippen molar-refractivity contribution >= 4 is 18.6 Å². The van der Waals surface area contributed by atoms with Gasteiger partial charge in [0.15, 0.2) is 0 Å². The summed E-state index contributed by atoms with van der Waals surface area (Å²) in [4.78, 5) is 19.3. The van der Waals surface area contributed by atoms with Crippen LogP contribution in [0, 0.1) is 0 Å². The van der Waals surface area contributed by atoms with Gasteiger partial charge in [-0.05, 0) is 60.2 Å². The first-order valence-corrected chi connectivity index (χ1v) is 12.8. The lowest BCUT2D eigenvalue weighted by atomic mass is 10.0. The third-order valence-corrected chi connectivity index (χ3v) is 5.28. The van der Waals surface area contributed by atoms with Gasteiger partial charge in [-0.25, -0.2) is 0 Å². The predicted molar refractivity (Wildman–Crippen MR) is 160 cm³/mol. The second-order valence-electron chi connectivity index (χ2n) is 8.05. The molecule has 0 saturated heterocycles. The average molecular weight is 501 g/mol. The van der Waals surface area contributed by atoms with Crippen molar-refractivity contribution in [1.29, 1.82) is 0 Å². The third-order valence-electron chi connectivity index (χ3n) is 5.28. The van der Waals surface area contributed by atoms with E-state index in [9.17, 15) is 4.79 Å². The molecule has 0 aliphatic heterocycles. The lowest BCUT2D eigenvalue weighted by Gasteiger charge is -2.16.